The number of rotatable bonds is 6. The van der Waals surface area contributed by atoms with Crippen LogP contribution >= 0.6 is 0 Å². The molecule has 1 aliphatic heterocycles. The number of ether oxygens (including phenoxy) is 1. The first-order valence-electron chi connectivity index (χ1n) is 7.09. The maximum atomic E-state index is 12.2. The Labute approximate surface area is 125 Å². The molecule has 0 spiro atoms. The minimum absolute atomic E-state index is 0.0644. The zero-order chi connectivity index (χ0) is 15.3. The summed E-state index contributed by atoms with van der Waals surface area (Å²) in [7, 11) is -3.31. The van der Waals surface area contributed by atoms with Crippen LogP contribution in [0, 0.1) is 5.92 Å². The molecule has 0 radical (unpaired) electrons. The number of hydrogen-bond acceptors (Lipinski definition) is 5. The molecule has 118 valence electrons. The molecule has 0 bridgehead atoms. The summed E-state index contributed by atoms with van der Waals surface area (Å²) in [4.78, 5) is 0. The van der Waals surface area contributed by atoms with Crippen molar-refractivity contribution in [2.24, 2.45) is 5.92 Å². The van der Waals surface area contributed by atoms with E-state index in [1.807, 2.05) is 0 Å². The van der Waals surface area contributed by atoms with Crippen molar-refractivity contribution < 1.29 is 18.3 Å². The maximum absolute atomic E-state index is 12.2. The van der Waals surface area contributed by atoms with E-state index in [0.717, 1.165) is 0 Å². The quantitative estimate of drug-likeness (QED) is 0.753. The third kappa shape index (κ3) is 4.33. The van der Waals surface area contributed by atoms with Crippen molar-refractivity contribution in [2.45, 2.75) is 12.8 Å². The van der Waals surface area contributed by atoms with Crippen molar-refractivity contribution >= 4 is 15.7 Å². The molecule has 0 saturated carbocycles. The standard InChI is InChI=1S/C14H22N2O4S/c15-13-3-1-2-4-14(13)20-9-10-21(18,19)16-7-5-12(11-17)6-8-16/h1-4,12,17H,5-11,15H2. The Morgan fingerprint density at radius 3 is 2.57 bits per heavy atom. The molecule has 1 aromatic rings. The van der Waals surface area contributed by atoms with Crippen LogP contribution in [0.5, 0.6) is 5.75 Å². The smallest absolute Gasteiger partial charge is 0.217 e. The number of anilines is 1. The zero-order valence-electron chi connectivity index (χ0n) is 11.9. The van der Waals surface area contributed by atoms with Crippen molar-refractivity contribution in [3.05, 3.63) is 24.3 Å². The first-order valence-corrected chi connectivity index (χ1v) is 8.70. The molecule has 7 heteroatoms. The molecular weight excluding hydrogens is 292 g/mol. The van der Waals surface area contributed by atoms with Crippen LogP contribution in [0.2, 0.25) is 0 Å². The average Bonchev–Trinajstić information content (AvgIpc) is 2.49. The second kappa shape index (κ2) is 7.11. The first kappa shape index (κ1) is 16.1. The Balaban J connectivity index is 1.83. The van der Waals surface area contributed by atoms with Crippen LogP contribution in [0.15, 0.2) is 24.3 Å². The van der Waals surface area contributed by atoms with Crippen molar-refractivity contribution in [1.82, 2.24) is 4.31 Å². The molecule has 6 nitrogen and oxygen atoms in total. The molecule has 1 aliphatic rings. The maximum Gasteiger partial charge on any atom is 0.217 e. The summed E-state index contributed by atoms with van der Waals surface area (Å²) in [6.45, 7) is 1.16. The molecule has 21 heavy (non-hydrogen) atoms. The van der Waals surface area contributed by atoms with Gasteiger partial charge >= 0.3 is 0 Å². The fraction of sp³-hybridized carbons (Fsp3) is 0.571. The Morgan fingerprint density at radius 2 is 1.95 bits per heavy atom. The number of hydrogen-bond donors (Lipinski definition) is 2. The number of sulfonamides is 1. The van der Waals surface area contributed by atoms with Crippen molar-refractivity contribution in [2.75, 3.05) is 37.8 Å². The fourth-order valence-corrected chi connectivity index (χ4v) is 3.69. The number of para-hydroxylation sites is 2. The summed E-state index contributed by atoms with van der Waals surface area (Å²) in [5.41, 5.74) is 6.23. The molecule has 1 fully saturated rings. The van der Waals surface area contributed by atoms with Gasteiger partial charge in [0.15, 0.2) is 0 Å². The van der Waals surface area contributed by atoms with Gasteiger partial charge in [-0.2, -0.15) is 0 Å². The van der Waals surface area contributed by atoms with Crippen LogP contribution in [-0.4, -0.2) is 49.9 Å². The summed E-state index contributed by atoms with van der Waals surface area (Å²) in [6, 6.07) is 7.02. The number of nitrogens with two attached hydrogens (primary N) is 1. The minimum atomic E-state index is -3.31. The molecule has 1 heterocycles. The van der Waals surface area contributed by atoms with Crippen LogP contribution in [0.3, 0.4) is 0 Å². The lowest BCUT2D eigenvalue weighted by Gasteiger charge is -2.30. The molecule has 1 aromatic carbocycles. The van der Waals surface area contributed by atoms with Crippen LogP contribution in [-0.2, 0) is 10.0 Å². The lowest BCUT2D eigenvalue weighted by molar-refractivity contribution is 0.170. The van der Waals surface area contributed by atoms with Gasteiger partial charge in [0, 0.05) is 19.7 Å². The van der Waals surface area contributed by atoms with Crippen LogP contribution < -0.4 is 10.5 Å². The van der Waals surface area contributed by atoms with Gasteiger partial charge in [0.25, 0.3) is 0 Å². The van der Waals surface area contributed by atoms with E-state index in [1.54, 1.807) is 24.3 Å². The molecular formula is C14H22N2O4S. The highest BCUT2D eigenvalue weighted by atomic mass is 32.2. The number of nitrogen functional groups attached to an aromatic ring is 1. The van der Waals surface area contributed by atoms with Gasteiger partial charge in [-0.05, 0) is 30.9 Å². The summed E-state index contributed by atoms with van der Waals surface area (Å²) < 4.78 is 31.3. The third-order valence-corrected chi connectivity index (χ3v) is 5.58. The van der Waals surface area contributed by atoms with Gasteiger partial charge in [-0.1, -0.05) is 12.1 Å². The lowest BCUT2D eigenvalue weighted by atomic mass is 10.00. The SMILES string of the molecule is Nc1ccccc1OCCS(=O)(=O)N1CCC(CO)CC1. The Morgan fingerprint density at radius 1 is 1.29 bits per heavy atom. The highest BCUT2D eigenvalue weighted by Crippen LogP contribution is 2.21. The van der Waals surface area contributed by atoms with E-state index >= 15 is 0 Å². The third-order valence-electron chi connectivity index (χ3n) is 3.74. The number of benzene rings is 1. The van der Waals surface area contributed by atoms with Gasteiger partial charge in [0.2, 0.25) is 10.0 Å². The van der Waals surface area contributed by atoms with E-state index in [0.29, 0.717) is 37.4 Å². The van der Waals surface area contributed by atoms with E-state index in [1.165, 1.54) is 4.31 Å². The Bertz CT molecular complexity index is 554. The van der Waals surface area contributed by atoms with Gasteiger partial charge in [0.05, 0.1) is 11.4 Å². The molecule has 0 amide bonds. The number of piperidine rings is 1. The van der Waals surface area contributed by atoms with Gasteiger partial charge in [-0.25, -0.2) is 12.7 Å². The summed E-state index contributed by atoms with van der Waals surface area (Å²) in [5.74, 6) is 0.661. The molecule has 2 rings (SSSR count). The number of nitrogens with zero attached hydrogens (tertiary/aromatic N) is 1. The topological polar surface area (TPSA) is 92.9 Å². The van der Waals surface area contributed by atoms with Gasteiger partial charge in [-0.3, -0.25) is 0 Å². The number of aliphatic hydroxyl groups excluding tert-OH is 1. The van der Waals surface area contributed by atoms with Gasteiger partial charge in [-0.15, -0.1) is 0 Å². The predicted octanol–water partition coefficient (Wildman–Crippen LogP) is 0.682. The molecule has 0 aliphatic carbocycles. The fourth-order valence-electron chi connectivity index (χ4n) is 2.37. The zero-order valence-corrected chi connectivity index (χ0v) is 12.8. The predicted molar refractivity (Wildman–Crippen MR) is 81.5 cm³/mol. The number of aliphatic hydroxyl groups is 1. The van der Waals surface area contributed by atoms with E-state index < -0.39 is 10.0 Å². The molecule has 1 saturated heterocycles. The van der Waals surface area contributed by atoms with Crippen molar-refractivity contribution in [1.29, 1.82) is 0 Å². The summed E-state index contributed by atoms with van der Waals surface area (Å²) >= 11 is 0. The Hall–Kier alpha value is -1.31. The largest absolute Gasteiger partial charge is 0.490 e. The molecule has 0 atom stereocenters. The van der Waals surface area contributed by atoms with Crippen LogP contribution in [0.4, 0.5) is 5.69 Å². The monoisotopic (exact) mass is 314 g/mol. The van der Waals surface area contributed by atoms with E-state index in [-0.39, 0.29) is 24.9 Å². The highest BCUT2D eigenvalue weighted by Gasteiger charge is 2.27. The van der Waals surface area contributed by atoms with Gasteiger partial charge in [0.1, 0.15) is 12.4 Å². The summed E-state index contributed by atoms with van der Waals surface area (Å²) in [5, 5.41) is 9.07. The average molecular weight is 314 g/mol. The van der Waals surface area contributed by atoms with E-state index in [4.69, 9.17) is 15.6 Å². The van der Waals surface area contributed by atoms with Crippen molar-refractivity contribution in [3.63, 3.8) is 0 Å². The first-order chi connectivity index (χ1) is 10.0. The van der Waals surface area contributed by atoms with Crippen molar-refractivity contribution in [3.8, 4) is 5.75 Å². The van der Waals surface area contributed by atoms with Gasteiger partial charge < -0.3 is 15.6 Å². The second-order valence-electron chi connectivity index (χ2n) is 5.23. The van der Waals surface area contributed by atoms with Crippen LogP contribution in [0.1, 0.15) is 12.8 Å². The summed E-state index contributed by atoms with van der Waals surface area (Å²) in [6.07, 6.45) is 1.42. The van der Waals surface area contributed by atoms with Crippen LogP contribution in [0.25, 0.3) is 0 Å². The van der Waals surface area contributed by atoms with E-state index in [9.17, 15) is 8.42 Å². The normalized spacial score (nSPS) is 17.8. The second-order valence-corrected chi connectivity index (χ2v) is 7.32. The molecule has 3 N–H and O–H groups in total. The highest BCUT2D eigenvalue weighted by molar-refractivity contribution is 7.89. The van der Waals surface area contributed by atoms with E-state index in [2.05, 4.69) is 0 Å². The molecule has 0 unspecified atom stereocenters. The lowest BCUT2D eigenvalue weighted by Crippen LogP contribution is -2.41. The molecule has 0 aromatic heterocycles. The Kier molecular flexibility index (Phi) is 5.44. The minimum Gasteiger partial charge on any atom is -0.490 e.